The number of amides is 1. The van der Waals surface area contributed by atoms with Gasteiger partial charge >= 0.3 is 0 Å². The zero-order valence-electron chi connectivity index (χ0n) is 12.9. The molecule has 1 aromatic heterocycles. The smallest absolute Gasteiger partial charge is 0.220 e. The summed E-state index contributed by atoms with van der Waals surface area (Å²) in [7, 11) is 0. The lowest BCUT2D eigenvalue weighted by Crippen LogP contribution is -2.25. The van der Waals surface area contributed by atoms with E-state index in [9.17, 15) is 4.79 Å². The van der Waals surface area contributed by atoms with Crippen LogP contribution in [0.4, 0.5) is 0 Å². The van der Waals surface area contributed by atoms with Crippen molar-refractivity contribution in [2.75, 3.05) is 6.54 Å². The maximum Gasteiger partial charge on any atom is 0.220 e. The summed E-state index contributed by atoms with van der Waals surface area (Å²) in [6, 6.07) is 13.4. The topological polar surface area (TPSA) is 42.0 Å². The van der Waals surface area contributed by atoms with Crippen LogP contribution >= 0.6 is 34.5 Å². The van der Waals surface area contributed by atoms with Crippen molar-refractivity contribution in [3.63, 3.8) is 0 Å². The van der Waals surface area contributed by atoms with E-state index in [-0.39, 0.29) is 5.91 Å². The average molecular weight is 379 g/mol. The van der Waals surface area contributed by atoms with Crippen LogP contribution in [0.2, 0.25) is 10.0 Å². The summed E-state index contributed by atoms with van der Waals surface area (Å²) in [6.45, 7) is 0.556. The van der Waals surface area contributed by atoms with Crippen molar-refractivity contribution < 1.29 is 4.79 Å². The fraction of sp³-hybridized carbons (Fsp3) is 0.222. The van der Waals surface area contributed by atoms with Crippen LogP contribution in [0.3, 0.4) is 0 Å². The summed E-state index contributed by atoms with van der Waals surface area (Å²) in [5, 5.41) is 5.16. The number of nitrogens with one attached hydrogen (secondary N) is 1. The van der Waals surface area contributed by atoms with E-state index in [1.54, 1.807) is 23.5 Å². The highest BCUT2D eigenvalue weighted by atomic mass is 35.5. The molecule has 0 aliphatic heterocycles. The Morgan fingerprint density at radius 2 is 1.96 bits per heavy atom. The van der Waals surface area contributed by atoms with Gasteiger partial charge in [-0.05, 0) is 36.2 Å². The predicted octanol–water partition coefficient (Wildman–Crippen LogP) is 4.89. The van der Waals surface area contributed by atoms with Gasteiger partial charge in [-0.1, -0.05) is 41.4 Å². The zero-order valence-corrected chi connectivity index (χ0v) is 15.2. The number of aryl methyl sites for hydroxylation is 1. The van der Waals surface area contributed by atoms with Gasteiger partial charge in [0, 0.05) is 29.4 Å². The van der Waals surface area contributed by atoms with Crippen LogP contribution in [0.15, 0.2) is 42.5 Å². The van der Waals surface area contributed by atoms with Crippen LogP contribution in [0.25, 0.3) is 10.2 Å². The first kappa shape index (κ1) is 17.2. The van der Waals surface area contributed by atoms with Crippen LogP contribution in [0.5, 0.6) is 0 Å². The highest BCUT2D eigenvalue weighted by Crippen LogP contribution is 2.23. The molecule has 6 heteroatoms. The number of para-hydroxylation sites is 1. The largest absolute Gasteiger partial charge is 0.356 e. The fourth-order valence-corrected chi connectivity index (χ4v) is 3.87. The number of thiazole rings is 1. The van der Waals surface area contributed by atoms with Crippen molar-refractivity contribution in [1.29, 1.82) is 0 Å². The number of aromatic nitrogens is 1. The second-order valence-corrected chi connectivity index (χ2v) is 7.37. The van der Waals surface area contributed by atoms with Gasteiger partial charge in [0.2, 0.25) is 5.91 Å². The molecule has 0 aliphatic rings. The Morgan fingerprint density at radius 3 is 2.75 bits per heavy atom. The molecule has 0 radical (unpaired) electrons. The molecule has 0 unspecified atom stereocenters. The predicted molar refractivity (Wildman–Crippen MR) is 101 cm³/mol. The van der Waals surface area contributed by atoms with E-state index in [4.69, 9.17) is 23.2 Å². The van der Waals surface area contributed by atoms with E-state index in [0.29, 0.717) is 35.9 Å². The number of hydrogen-bond donors (Lipinski definition) is 1. The first-order valence-corrected chi connectivity index (χ1v) is 9.24. The maximum absolute atomic E-state index is 12.0. The third kappa shape index (κ3) is 4.47. The monoisotopic (exact) mass is 378 g/mol. The molecule has 0 saturated carbocycles. The van der Waals surface area contributed by atoms with Crippen LogP contribution in [0.1, 0.15) is 17.0 Å². The van der Waals surface area contributed by atoms with Crippen LogP contribution in [0, 0.1) is 0 Å². The minimum atomic E-state index is 0.0272. The molecule has 24 heavy (non-hydrogen) atoms. The lowest BCUT2D eigenvalue weighted by molar-refractivity contribution is -0.121. The fourth-order valence-electron chi connectivity index (χ4n) is 2.40. The number of nitrogens with zero attached hydrogens (tertiary/aromatic N) is 1. The Balaban J connectivity index is 1.45. The Hall–Kier alpha value is -1.62. The number of carbonyl (C=O) groups excluding carboxylic acids is 1. The highest BCUT2D eigenvalue weighted by Gasteiger charge is 2.07. The molecule has 1 amide bonds. The number of hydrogen-bond acceptors (Lipinski definition) is 3. The second-order valence-electron chi connectivity index (χ2n) is 5.41. The van der Waals surface area contributed by atoms with Crippen molar-refractivity contribution in [3.8, 4) is 0 Å². The number of halogens is 2. The molecule has 0 saturated heterocycles. The van der Waals surface area contributed by atoms with Crippen molar-refractivity contribution in [3.05, 3.63) is 63.1 Å². The quantitative estimate of drug-likeness (QED) is 0.662. The first-order chi connectivity index (χ1) is 11.6. The van der Waals surface area contributed by atoms with Gasteiger partial charge in [-0.25, -0.2) is 4.98 Å². The second kappa shape index (κ2) is 7.97. The molecule has 0 atom stereocenters. The molecule has 124 valence electrons. The normalized spacial score (nSPS) is 10.9. The summed E-state index contributed by atoms with van der Waals surface area (Å²) >= 11 is 13.6. The number of fused-ring (bicyclic) bond motifs is 1. The number of rotatable bonds is 6. The number of carbonyl (C=O) groups is 1. The van der Waals surface area contributed by atoms with Crippen molar-refractivity contribution in [2.45, 2.75) is 19.3 Å². The van der Waals surface area contributed by atoms with Gasteiger partial charge < -0.3 is 5.32 Å². The van der Waals surface area contributed by atoms with E-state index in [0.717, 1.165) is 20.8 Å². The van der Waals surface area contributed by atoms with Crippen molar-refractivity contribution in [2.24, 2.45) is 0 Å². The summed E-state index contributed by atoms with van der Waals surface area (Å²) in [4.78, 5) is 16.5. The van der Waals surface area contributed by atoms with Crippen LogP contribution < -0.4 is 5.32 Å². The summed E-state index contributed by atoms with van der Waals surface area (Å²) < 4.78 is 1.16. The number of benzene rings is 2. The van der Waals surface area contributed by atoms with Gasteiger partial charge in [-0.3, -0.25) is 4.79 Å². The molecule has 3 aromatic rings. The summed E-state index contributed by atoms with van der Waals surface area (Å²) in [5.74, 6) is 0.0272. The van der Waals surface area contributed by atoms with Gasteiger partial charge in [-0.2, -0.15) is 0 Å². The van der Waals surface area contributed by atoms with Crippen LogP contribution in [-0.2, 0) is 17.6 Å². The molecule has 0 bridgehead atoms. The lowest BCUT2D eigenvalue weighted by Gasteiger charge is -2.06. The van der Waals surface area contributed by atoms with E-state index < -0.39 is 0 Å². The molecule has 3 rings (SSSR count). The molecule has 2 aromatic carbocycles. The standard InChI is InChI=1S/C18H16Cl2N2OS/c19-13-6-5-12(14(20)11-13)9-10-21-17(23)7-8-18-22-15-3-1-2-4-16(15)24-18/h1-6,11H,7-10H2,(H,21,23). The van der Waals surface area contributed by atoms with E-state index >= 15 is 0 Å². The van der Waals surface area contributed by atoms with E-state index in [2.05, 4.69) is 10.3 Å². The molecular formula is C18H16Cl2N2OS. The summed E-state index contributed by atoms with van der Waals surface area (Å²) in [5.41, 5.74) is 1.97. The highest BCUT2D eigenvalue weighted by molar-refractivity contribution is 7.18. The zero-order chi connectivity index (χ0) is 16.9. The van der Waals surface area contributed by atoms with Gasteiger partial charge in [0.05, 0.1) is 15.2 Å². The molecule has 0 aliphatic carbocycles. The van der Waals surface area contributed by atoms with Gasteiger partial charge in [0.25, 0.3) is 0 Å². The Labute approximate surface area is 154 Å². The van der Waals surface area contributed by atoms with E-state index in [1.165, 1.54) is 0 Å². The van der Waals surface area contributed by atoms with Gasteiger partial charge in [0.15, 0.2) is 0 Å². The molecule has 0 spiro atoms. The van der Waals surface area contributed by atoms with E-state index in [1.807, 2.05) is 30.3 Å². The molecular weight excluding hydrogens is 363 g/mol. The first-order valence-electron chi connectivity index (χ1n) is 7.67. The molecule has 1 heterocycles. The Kier molecular flexibility index (Phi) is 5.72. The molecule has 1 N–H and O–H groups in total. The molecule has 0 fully saturated rings. The maximum atomic E-state index is 12.0. The summed E-state index contributed by atoms with van der Waals surface area (Å²) in [6.07, 6.45) is 1.78. The lowest BCUT2D eigenvalue weighted by atomic mass is 10.1. The minimum absolute atomic E-state index is 0.0272. The van der Waals surface area contributed by atoms with Crippen molar-refractivity contribution >= 4 is 50.7 Å². The SMILES string of the molecule is O=C(CCc1nc2ccccc2s1)NCCc1ccc(Cl)cc1Cl. The Bertz CT molecular complexity index is 830. The molecule has 3 nitrogen and oxygen atoms in total. The third-order valence-corrected chi connectivity index (χ3v) is 5.32. The average Bonchev–Trinajstić information content (AvgIpc) is 2.98. The Morgan fingerprint density at radius 1 is 1.12 bits per heavy atom. The van der Waals surface area contributed by atoms with Crippen LogP contribution in [-0.4, -0.2) is 17.4 Å². The van der Waals surface area contributed by atoms with Gasteiger partial charge in [-0.15, -0.1) is 11.3 Å². The van der Waals surface area contributed by atoms with Gasteiger partial charge in [0.1, 0.15) is 0 Å². The minimum Gasteiger partial charge on any atom is -0.356 e. The van der Waals surface area contributed by atoms with Crippen molar-refractivity contribution in [1.82, 2.24) is 10.3 Å². The third-order valence-electron chi connectivity index (χ3n) is 3.64.